The Balaban J connectivity index is 1.76. The van der Waals surface area contributed by atoms with E-state index in [4.69, 9.17) is 21.7 Å². The molecule has 1 aliphatic rings. The van der Waals surface area contributed by atoms with E-state index in [-0.39, 0.29) is 38.0 Å². The summed E-state index contributed by atoms with van der Waals surface area (Å²) in [6, 6.07) is 2.19. The maximum Gasteiger partial charge on any atom is 0.326 e. The number of primary amides is 1. The zero-order valence-corrected chi connectivity index (χ0v) is 36.8. The largest absolute Gasteiger partial charge is 0.508 e. The van der Waals surface area contributed by atoms with Crippen LogP contribution in [0.4, 0.5) is 0 Å². The highest BCUT2D eigenvalue weighted by Gasteiger charge is 2.40. The van der Waals surface area contributed by atoms with Crippen LogP contribution in [0.1, 0.15) is 43.2 Å². The first-order valence-corrected chi connectivity index (χ1v) is 21.1. The highest BCUT2D eigenvalue weighted by molar-refractivity contribution is 5.99. The Kier molecular flexibility index (Phi) is 21.4. The van der Waals surface area contributed by atoms with E-state index in [2.05, 4.69) is 37.2 Å². The zero-order valence-electron chi connectivity index (χ0n) is 36.8. The molecule has 0 aliphatic carbocycles. The fourth-order valence-electron chi connectivity index (χ4n) is 6.76. The molecule has 1 fully saturated rings. The third-order valence-corrected chi connectivity index (χ3v) is 10.2. The lowest BCUT2D eigenvalue weighted by atomic mass is 10.0. The standard InChI is InChI=1S/C42H54N10O17/c43-24(15-34(58)59)36(62)46-18-32(56)45-19-33(57)47-25(14-22-8-10-23(54)11-9-22)37(63)51-29(20-53)39(65)49-27(16-31(44)55)41(67)52-12-4-7-30(52)40(66)48-26(13-21-5-2-1-3-6-21)38(64)50-28(42(68)69)17-35(60)61/h1-3,5-6,8-11,24-30,53-54H,4,7,12-20,43H2,(H2,44,55)(H,45,56)(H,46,62)(H,47,57)(H,48,66)(H,49,65)(H,50,64)(H,51,63)(H,58,59)(H,60,61)(H,68,69)/t24-,25-,26-,27-,28-,29-,30-/m0/s1. The van der Waals surface area contributed by atoms with Gasteiger partial charge in [0.05, 0.1) is 45.0 Å². The number of hydrogen-bond acceptors (Lipinski definition) is 15. The number of carboxylic acid groups (broad SMARTS) is 3. The quantitative estimate of drug-likeness (QED) is 0.0396. The third-order valence-electron chi connectivity index (χ3n) is 10.2. The van der Waals surface area contributed by atoms with E-state index in [1.807, 2.05) is 0 Å². The molecular formula is C42H54N10O17. The second-order valence-corrected chi connectivity index (χ2v) is 15.6. The predicted molar refractivity (Wildman–Crippen MR) is 233 cm³/mol. The van der Waals surface area contributed by atoms with E-state index in [9.17, 15) is 72.9 Å². The molecule has 0 bridgehead atoms. The minimum atomic E-state index is -1.86. The van der Waals surface area contributed by atoms with Gasteiger partial charge in [-0.15, -0.1) is 0 Å². The molecule has 1 saturated heterocycles. The van der Waals surface area contributed by atoms with E-state index in [0.717, 1.165) is 4.90 Å². The molecule has 0 unspecified atom stereocenters. The van der Waals surface area contributed by atoms with Gasteiger partial charge in [0.1, 0.15) is 42.0 Å². The van der Waals surface area contributed by atoms with Crippen molar-refractivity contribution in [2.75, 3.05) is 26.2 Å². The number of aromatic hydroxyl groups is 1. The van der Waals surface area contributed by atoms with Crippen LogP contribution in [0, 0.1) is 0 Å². The number of nitrogens with zero attached hydrogens (tertiary/aromatic N) is 1. The van der Waals surface area contributed by atoms with Crippen molar-refractivity contribution in [1.82, 2.24) is 42.1 Å². The molecule has 0 saturated carbocycles. The second-order valence-electron chi connectivity index (χ2n) is 15.6. The number of rotatable bonds is 27. The van der Waals surface area contributed by atoms with E-state index < -0.39 is 152 Å². The predicted octanol–water partition coefficient (Wildman–Crippen LogP) is -5.95. The first kappa shape index (κ1) is 55.1. The number of aliphatic hydroxyl groups is 1. The Morgan fingerprint density at radius 2 is 1.14 bits per heavy atom. The lowest BCUT2D eigenvalue weighted by Gasteiger charge is -2.30. The van der Waals surface area contributed by atoms with Gasteiger partial charge >= 0.3 is 17.9 Å². The van der Waals surface area contributed by atoms with Crippen molar-refractivity contribution < 1.29 is 83.1 Å². The van der Waals surface area contributed by atoms with E-state index in [1.54, 1.807) is 30.3 Å². The maximum absolute atomic E-state index is 14.0. The molecule has 0 aromatic heterocycles. The summed E-state index contributed by atoms with van der Waals surface area (Å²) in [7, 11) is 0. The van der Waals surface area contributed by atoms with Gasteiger partial charge in [0.15, 0.2) is 0 Å². The van der Waals surface area contributed by atoms with Crippen molar-refractivity contribution >= 4 is 71.1 Å². The molecule has 27 nitrogen and oxygen atoms in total. The summed E-state index contributed by atoms with van der Waals surface area (Å²) in [6.07, 6.45) is -2.80. The Morgan fingerprint density at radius 3 is 1.71 bits per heavy atom. The monoisotopic (exact) mass is 970 g/mol. The van der Waals surface area contributed by atoms with Crippen LogP contribution in [0.25, 0.3) is 0 Å². The molecule has 0 radical (unpaired) electrons. The number of carboxylic acids is 3. The first-order chi connectivity index (χ1) is 32.6. The SMILES string of the molecule is NC(=O)C[C@H](NC(=O)[C@H](CO)NC(=O)[C@H](Cc1ccc(O)cc1)NC(=O)CNC(=O)CNC(=O)[C@@H](N)CC(=O)O)C(=O)N1CCC[C@H]1C(=O)N[C@@H](Cc1ccccc1)C(=O)N[C@@H](CC(=O)O)C(=O)O. The molecule has 2 aromatic rings. The second kappa shape index (κ2) is 26.8. The van der Waals surface area contributed by atoms with Crippen LogP contribution >= 0.6 is 0 Å². The van der Waals surface area contributed by atoms with Gasteiger partial charge in [0.2, 0.25) is 53.2 Å². The number of hydrogen-bond donors (Lipinski definition) is 14. The normalized spacial score (nSPS) is 15.6. The van der Waals surface area contributed by atoms with Gasteiger partial charge in [0, 0.05) is 19.4 Å². The number of carbonyl (C=O) groups is 12. The average molecular weight is 971 g/mol. The smallest absolute Gasteiger partial charge is 0.326 e. The lowest BCUT2D eigenvalue weighted by molar-refractivity contribution is -0.147. The molecule has 2 aromatic carbocycles. The number of nitrogens with one attached hydrogen (secondary N) is 7. The molecule has 1 heterocycles. The van der Waals surface area contributed by atoms with E-state index in [0.29, 0.717) is 11.1 Å². The Bertz CT molecular complexity index is 2230. The summed E-state index contributed by atoms with van der Waals surface area (Å²) >= 11 is 0. The number of carbonyl (C=O) groups excluding carboxylic acids is 9. The Morgan fingerprint density at radius 1 is 0.609 bits per heavy atom. The van der Waals surface area contributed by atoms with Gasteiger partial charge in [0.25, 0.3) is 0 Å². The maximum atomic E-state index is 14.0. The van der Waals surface area contributed by atoms with Gasteiger partial charge in [-0.25, -0.2) is 4.79 Å². The number of aliphatic hydroxyl groups excluding tert-OH is 1. The molecular weight excluding hydrogens is 917 g/mol. The molecule has 69 heavy (non-hydrogen) atoms. The van der Waals surface area contributed by atoms with Crippen LogP contribution in [0.5, 0.6) is 5.75 Å². The number of phenols is 1. The first-order valence-electron chi connectivity index (χ1n) is 21.1. The molecule has 3 rings (SSSR count). The summed E-state index contributed by atoms with van der Waals surface area (Å²) in [5, 5.41) is 63.1. The molecule has 1 aliphatic heterocycles. The van der Waals surface area contributed by atoms with Crippen LogP contribution in [-0.4, -0.2) is 170 Å². The van der Waals surface area contributed by atoms with Crippen LogP contribution in [-0.2, 0) is 70.4 Å². The summed E-state index contributed by atoms with van der Waals surface area (Å²) < 4.78 is 0. The summed E-state index contributed by atoms with van der Waals surface area (Å²) in [5.74, 6) is -13.9. The molecule has 27 heteroatoms. The summed E-state index contributed by atoms with van der Waals surface area (Å²) in [6.45, 7) is -2.67. The van der Waals surface area contributed by atoms with Crippen LogP contribution in [0.2, 0.25) is 0 Å². The number of nitrogens with two attached hydrogens (primary N) is 2. The average Bonchev–Trinajstić information content (AvgIpc) is 3.79. The summed E-state index contributed by atoms with van der Waals surface area (Å²) in [4.78, 5) is 153. The van der Waals surface area contributed by atoms with E-state index in [1.165, 1.54) is 24.3 Å². The number of phenolic OH excluding ortho intramolecular Hbond substituents is 1. The summed E-state index contributed by atoms with van der Waals surface area (Å²) in [5.41, 5.74) is 11.7. The fourth-order valence-corrected chi connectivity index (χ4v) is 6.76. The van der Waals surface area contributed by atoms with Gasteiger partial charge in [-0.05, 0) is 36.1 Å². The van der Waals surface area contributed by atoms with Crippen molar-refractivity contribution in [1.29, 1.82) is 0 Å². The highest BCUT2D eigenvalue weighted by atomic mass is 16.4. The lowest BCUT2D eigenvalue weighted by Crippen LogP contribution is -2.60. The van der Waals surface area contributed by atoms with Crippen molar-refractivity contribution in [2.45, 2.75) is 87.2 Å². The van der Waals surface area contributed by atoms with Crippen molar-refractivity contribution in [3.63, 3.8) is 0 Å². The number of likely N-dealkylation sites (tertiary alicyclic amines) is 1. The minimum Gasteiger partial charge on any atom is -0.508 e. The molecule has 9 amide bonds. The zero-order chi connectivity index (χ0) is 51.4. The van der Waals surface area contributed by atoms with E-state index >= 15 is 0 Å². The minimum absolute atomic E-state index is 0.0122. The number of amides is 9. The van der Waals surface area contributed by atoms with Gasteiger partial charge in [-0.1, -0.05) is 42.5 Å². The molecule has 374 valence electrons. The molecule has 7 atom stereocenters. The van der Waals surface area contributed by atoms with Crippen molar-refractivity contribution in [3.05, 3.63) is 65.7 Å². The van der Waals surface area contributed by atoms with Gasteiger partial charge in [-0.2, -0.15) is 0 Å². The van der Waals surface area contributed by atoms with Crippen LogP contribution in [0.15, 0.2) is 54.6 Å². The van der Waals surface area contributed by atoms with Crippen molar-refractivity contribution in [2.24, 2.45) is 11.5 Å². The van der Waals surface area contributed by atoms with Crippen molar-refractivity contribution in [3.8, 4) is 5.75 Å². The van der Waals surface area contributed by atoms with Crippen LogP contribution < -0.4 is 48.7 Å². The number of benzene rings is 2. The van der Waals surface area contributed by atoms with Crippen LogP contribution in [0.3, 0.4) is 0 Å². The third kappa shape index (κ3) is 18.5. The van der Waals surface area contributed by atoms with Gasteiger partial charge < -0.3 is 79.1 Å². The number of aliphatic carboxylic acids is 3. The topological polar surface area (TPSA) is 445 Å². The van der Waals surface area contributed by atoms with Gasteiger partial charge in [-0.3, -0.25) is 52.7 Å². The Hall–Kier alpha value is -8.20. The highest BCUT2D eigenvalue weighted by Crippen LogP contribution is 2.20. The fraction of sp³-hybridized carbons (Fsp3) is 0.429. The Labute approximate surface area is 392 Å². The molecule has 16 N–H and O–H groups in total. The molecule has 0 spiro atoms.